The van der Waals surface area contributed by atoms with Crippen LogP contribution in [-0.2, 0) is 4.74 Å². The highest BCUT2D eigenvalue weighted by atomic mass is 16.5. The Labute approximate surface area is 164 Å². The predicted molar refractivity (Wildman–Crippen MR) is 110 cm³/mol. The van der Waals surface area contributed by atoms with Gasteiger partial charge in [0.25, 0.3) is 0 Å². The van der Waals surface area contributed by atoms with Crippen molar-refractivity contribution in [3.05, 3.63) is 35.4 Å². The molecule has 1 aliphatic heterocycles. The van der Waals surface area contributed by atoms with Crippen molar-refractivity contribution in [3.63, 3.8) is 0 Å². The maximum absolute atomic E-state index is 11.7. The molecule has 27 heavy (non-hydrogen) atoms. The molecule has 1 saturated carbocycles. The van der Waals surface area contributed by atoms with Gasteiger partial charge in [0.05, 0.1) is 12.2 Å². The van der Waals surface area contributed by atoms with Crippen molar-refractivity contribution in [1.29, 1.82) is 0 Å². The number of rotatable bonds is 6. The first-order chi connectivity index (χ1) is 13.2. The minimum absolute atomic E-state index is 0.267. The van der Waals surface area contributed by atoms with E-state index in [-0.39, 0.29) is 5.97 Å². The van der Waals surface area contributed by atoms with E-state index in [1.54, 1.807) is 12.1 Å². The maximum atomic E-state index is 11.7. The molecule has 1 saturated heterocycles. The van der Waals surface area contributed by atoms with Gasteiger partial charge in [-0.25, -0.2) is 4.79 Å². The highest BCUT2D eigenvalue weighted by Crippen LogP contribution is 2.41. The van der Waals surface area contributed by atoms with Crippen molar-refractivity contribution in [2.45, 2.75) is 71.3 Å². The third-order valence-electron chi connectivity index (χ3n) is 6.32. The molecule has 0 aromatic heterocycles. The molecule has 0 amide bonds. The molecule has 2 aliphatic rings. The van der Waals surface area contributed by atoms with E-state index in [1.807, 2.05) is 19.1 Å². The fourth-order valence-corrected chi connectivity index (χ4v) is 4.40. The Kier molecular flexibility index (Phi) is 6.96. The number of carbonyl (C=O) groups is 1. The summed E-state index contributed by atoms with van der Waals surface area (Å²) in [6, 6.07) is 8.33. The van der Waals surface area contributed by atoms with Gasteiger partial charge >= 0.3 is 5.97 Å². The Balaban J connectivity index is 1.57. The number of nitrogens with zero attached hydrogens (tertiary/aromatic N) is 1. The summed E-state index contributed by atoms with van der Waals surface area (Å²) >= 11 is 0. The van der Waals surface area contributed by atoms with E-state index >= 15 is 0 Å². The summed E-state index contributed by atoms with van der Waals surface area (Å²) in [7, 11) is 0. The Morgan fingerprint density at radius 1 is 1.19 bits per heavy atom. The van der Waals surface area contributed by atoms with Gasteiger partial charge in [0.2, 0.25) is 0 Å². The van der Waals surface area contributed by atoms with E-state index in [2.05, 4.69) is 23.7 Å². The van der Waals surface area contributed by atoms with Crippen LogP contribution in [0.15, 0.2) is 24.3 Å². The quantitative estimate of drug-likeness (QED) is 0.521. The minimum atomic E-state index is -0.267. The zero-order valence-electron chi connectivity index (χ0n) is 16.9. The van der Waals surface area contributed by atoms with E-state index in [9.17, 15) is 4.79 Å². The number of hydrogen-bond donors (Lipinski definition) is 0. The molecule has 3 heteroatoms. The largest absolute Gasteiger partial charge is 0.462 e. The lowest BCUT2D eigenvalue weighted by atomic mass is 9.72. The lowest BCUT2D eigenvalue weighted by Gasteiger charge is -2.46. The van der Waals surface area contributed by atoms with Gasteiger partial charge in [-0.05, 0) is 81.8 Å². The van der Waals surface area contributed by atoms with Gasteiger partial charge < -0.3 is 9.64 Å². The van der Waals surface area contributed by atoms with Crippen LogP contribution in [0.1, 0.15) is 81.1 Å². The molecule has 1 aliphatic carbocycles. The fraction of sp³-hybridized carbons (Fsp3) is 0.625. The monoisotopic (exact) mass is 367 g/mol. The second-order valence-corrected chi connectivity index (χ2v) is 8.15. The average molecular weight is 368 g/mol. The van der Waals surface area contributed by atoms with Gasteiger partial charge in [0, 0.05) is 18.0 Å². The fourth-order valence-electron chi connectivity index (χ4n) is 4.40. The molecular weight excluding hydrogens is 334 g/mol. The molecule has 1 aromatic carbocycles. The molecule has 0 N–H and O–H groups in total. The Morgan fingerprint density at radius 2 is 1.89 bits per heavy atom. The second kappa shape index (κ2) is 9.42. The molecule has 3 nitrogen and oxygen atoms in total. The molecule has 1 aromatic rings. The van der Waals surface area contributed by atoms with Crippen LogP contribution in [0.2, 0.25) is 0 Å². The molecule has 0 spiro atoms. The smallest absolute Gasteiger partial charge is 0.338 e. The van der Waals surface area contributed by atoms with Crippen molar-refractivity contribution in [2.24, 2.45) is 5.41 Å². The van der Waals surface area contributed by atoms with Gasteiger partial charge in [-0.2, -0.15) is 0 Å². The summed E-state index contributed by atoms with van der Waals surface area (Å²) in [4.78, 5) is 14.4. The van der Waals surface area contributed by atoms with Crippen molar-refractivity contribution in [1.82, 2.24) is 4.90 Å². The van der Waals surface area contributed by atoms with Crippen LogP contribution in [0.4, 0.5) is 0 Å². The molecule has 0 radical (unpaired) electrons. The van der Waals surface area contributed by atoms with Gasteiger partial charge in [-0.1, -0.05) is 31.6 Å². The molecule has 3 rings (SSSR count). The van der Waals surface area contributed by atoms with Crippen molar-refractivity contribution >= 4 is 5.97 Å². The van der Waals surface area contributed by atoms with Crippen LogP contribution in [0.25, 0.3) is 0 Å². The summed E-state index contributed by atoms with van der Waals surface area (Å²) in [5.74, 6) is 6.51. The van der Waals surface area contributed by atoms with E-state index in [0.717, 1.165) is 18.0 Å². The highest BCUT2D eigenvalue weighted by Gasteiger charge is 2.36. The normalized spacial score (nSPS) is 19.6. The van der Waals surface area contributed by atoms with Crippen LogP contribution in [0.5, 0.6) is 0 Å². The molecule has 1 heterocycles. The first-order valence-corrected chi connectivity index (χ1v) is 10.7. The molecule has 2 fully saturated rings. The van der Waals surface area contributed by atoms with Gasteiger partial charge in [-0.3, -0.25) is 0 Å². The standard InChI is InChI=1S/C24H33NO2/c1-3-14-24(16-18-25(19-17-24)22-8-5-9-22)15-6-7-20-10-12-21(13-11-20)23(26)27-4-2/h10-13,22H,3-5,8-9,14-19H2,1-2H3. The topological polar surface area (TPSA) is 29.5 Å². The second-order valence-electron chi connectivity index (χ2n) is 8.15. The van der Waals surface area contributed by atoms with Crippen molar-refractivity contribution < 1.29 is 9.53 Å². The molecule has 0 unspecified atom stereocenters. The van der Waals surface area contributed by atoms with Crippen LogP contribution >= 0.6 is 0 Å². The summed E-state index contributed by atoms with van der Waals surface area (Å²) in [6.07, 6.45) is 10.3. The van der Waals surface area contributed by atoms with E-state index < -0.39 is 0 Å². The van der Waals surface area contributed by atoms with E-state index in [0.29, 0.717) is 17.6 Å². The van der Waals surface area contributed by atoms with Crippen LogP contribution < -0.4 is 0 Å². The van der Waals surface area contributed by atoms with E-state index in [1.165, 1.54) is 58.0 Å². The molecule has 0 bridgehead atoms. The first-order valence-electron chi connectivity index (χ1n) is 10.7. The van der Waals surface area contributed by atoms with Crippen LogP contribution in [0, 0.1) is 17.3 Å². The van der Waals surface area contributed by atoms with E-state index in [4.69, 9.17) is 4.74 Å². The van der Waals surface area contributed by atoms with Crippen molar-refractivity contribution in [2.75, 3.05) is 19.7 Å². The summed E-state index contributed by atoms with van der Waals surface area (Å²) in [5, 5.41) is 0. The number of esters is 1. The Morgan fingerprint density at radius 3 is 2.44 bits per heavy atom. The predicted octanol–water partition coefficient (Wildman–Crippen LogP) is 5.04. The average Bonchev–Trinajstić information content (AvgIpc) is 2.63. The van der Waals surface area contributed by atoms with Crippen LogP contribution in [-0.4, -0.2) is 36.6 Å². The number of ether oxygens (including phenoxy) is 1. The number of piperidine rings is 1. The summed E-state index contributed by atoms with van der Waals surface area (Å²) < 4.78 is 5.03. The number of carbonyl (C=O) groups excluding carboxylic acids is 1. The highest BCUT2D eigenvalue weighted by molar-refractivity contribution is 5.89. The van der Waals surface area contributed by atoms with Crippen molar-refractivity contribution in [3.8, 4) is 11.8 Å². The Bertz CT molecular complexity index is 671. The SMILES string of the molecule is CCCC1(CC#Cc2ccc(C(=O)OCC)cc2)CCN(C2CCC2)CC1. The van der Waals surface area contributed by atoms with Crippen LogP contribution in [0.3, 0.4) is 0 Å². The molecular formula is C24H33NO2. The molecule has 0 atom stereocenters. The summed E-state index contributed by atoms with van der Waals surface area (Å²) in [6.45, 7) is 7.02. The Hall–Kier alpha value is -1.79. The number of hydrogen-bond acceptors (Lipinski definition) is 3. The number of benzene rings is 1. The zero-order chi connectivity index (χ0) is 19.1. The first kappa shape index (κ1) is 20.0. The minimum Gasteiger partial charge on any atom is -0.462 e. The summed E-state index contributed by atoms with van der Waals surface area (Å²) in [5.41, 5.74) is 1.96. The van der Waals surface area contributed by atoms with Gasteiger partial charge in [-0.15, -0.1) is 0 Å². The number of likely N-dealkylation sites (tertiary alicyclic amines) is 1. The maximum Gasteiger partial charge on any atom is 0.338 e. The van der Waals surface area contributed by atoms with Gasteiger partial charge in [0.15, 0.2) is 0 Å². The third kappa shape index (κ3) is 5.14. The van der Waals surface area contributed by atoms with Gasteiger partial charge in [0.1, 0.15) is 0 Å². The zero-order valence-corrected chi connectivity index (χ0v) is 16.9. The lowest BCUT2D eigenvalue weighted by Crippen LogP contribution is -2.47. The lowest BCUT2D eigenvalue weighted by molar-refractivity contribution is 0.0405. The third-order valence-corrected chi connectivity index (χ3v) is 6.32. The molecule has 146 valence electrons.